The maximum absolute atomic E-state index is 12.4. The summed E-state index contributed by atoms with van der Waals surface area (Å²) in [6.07, 6.45) is 0.428. The van der Waals surface area contributed by atoms with Gasteiger partial charge in [0.2, 0.25) is 0 Å². The smallest absolute Gasteiger partial charge is 0.348 e. The minimum Gasteiger partial charge on any atom is -0.348 e. The van der Waals surface area contributed by atoms with Crippen LogP contribution < -0.4 is 5.32 Å². The Morgan fingerprint density at radius 2 is 1.33 bits per heavy atom. The van der Waals surface area contributed by atoms with Crippen LogP contribution in [0.25, 0.3) is 11.1 Å². The van der Waals surface area contributed by atoms with E-state index in [9.17, 15) is 18.0 Å². The van der Waals surface area contributed by atoms with Crippen molar-refractivity contribution in [3.63, 3.8) is 0 Å². The van der Waals surface area contributed by atoms with Gasteiger partial charge in [-0.15, -0.1) is 0 Å². The number of carbonyl (C=O) groups excluding carboxylic acids is 1. The number of hydrogen-bond acceptors (Lipinski definition) is 3. The second-order valence-electron chi connectivity index (χ2n) is 9.96. The summed E-state index contributed by atoms with van der Waals surface area (Å²) in [7, 11) is 0. The molecule has 0 spiro atoms. The molecule has 2 aromatic rings. The Labute approximate surface area is 220 Å². The number of carbonyl (C=O) groups is 1. The van der Waals surface area contributed by atoms with Crippen LogP contribution in [0.15, 0.2) is 36.4 Å². The van der Waals surface area contributed by atoms with Gasteiger partial charge in [0.1, 0.15) is 0 Å². The molecule has 0 radical (unpaired) electrons. The lowest BCUT2D eigenvalue weighted by molar-refractivity contribution is -0.173. The summed E-state index contributed by atoms with van der Waals surface area (Å²) < 4.78 is 37.3. The first-order chi connectivity index (χ1) is 17.2. The number of benzene rings is 2. The Kier molecular flexibility index (Phi) is 9.20. The molecule has 36 heavy (non-hydrogen) atoms. The van der Waals surface area contributed by atoms with E-state index in [0.717, 1.165) is 63.2 Å². The number of piperidine rings is 2. The van der Waals surface area contributed by atoms with Crippen molar-refractivity contribution in [3.05, 3.63) is 57.6 Å². The summed E-state index contributed by atoms with van der Waals surface area (Å²) in [5.41, 5.74) is 4.51. The molecule has 9 heteroatoms. The van der Waals surface area contributed by atoms with Crippen LogP contribution in [-0.4, -0.2) is 54.6 Å². The summed E-state index contributed by atoms with van der Waals surface area (Å²) in [6.45, 7) is 5.51. The van der Waals surface area contributed by atoms with Crippen molar-refractivity contribution in [2.24, 2.45) is 5.92 Å². The van der Waals surface area contributed by atoms with Crippen molar-refractivity contribution in [2.45, 2.75) is 51.4 Å². The predicted octanol–water partition coefficient (Wildman–Crippen LogP) is 6.54. The molecule has 4 rings (SSSR count). The van der Waals surface area contributed by atoms with Crippen molar-refractivity contribution in [2.75, 3.05) is 32.7 Å². The van der Waals surface area contributed by atoms with Crippen molar-refractivity contribution in [1.29, 1.82) is 0 Å². The first-order valence-electron chi connectivity index (χ1n) is 12.5. The van der Waals surface area contributed by atoms with Crippen LogP contribution in [0.3, 0.4) is 0 Å². The Morgan fingerprint density at radius 1 is 0.806 bits per heavy atom. The van der Waals surface area contributed by atoms with Gasteiger partial charge in [-0.3, -0.25) is 14.6 Å². The molecule has 2 heterocycles. The van der Waals surface area contributed by atoms with Crippen molar-refractivity contribution in [1.82, 2.24) is 15.1 Å². The summed E-state index contributed by atoms with van der Waals surface area (Å²) >= 11 is 12.6. The lowest BCUT2D eigenvalue weighted by Gasteiger charge is -2.32. The summed E-state index contributed by atoms with van der Waals surface area (Å²) in [6, 6.07) is 12.2. The highest BCUT2D eigenvalue weighted by molar-refractivity contribution is 6.35. The van der Waals surface area contributed by atoms with Crippen molar-refractivity contribution < 1.29 is 18.0 Å². The lowest BCUT2D eigenvalue weighted by atomic mass is 9.95. The molecule has 2 saturated heterocycles. The largest absolute Gasteiger partial charge is 0.471 e. The normalized spacial score (nSPS) is 18.4. The highest BCUT2D eigenvalue weighted by Gasteiger charge is 2.38. The average molecular weight is 542 g/mol. The molecular weight excluding hydrogens is 510 g/mol. The Balaban J connectivity index is 1.44. The van der Waals surface area contributed by atoms with Gasteiger partial charge in [0.25, 0.3) is 0 Å². The SMILES string of the molecule is O=C(NCC1CCN(Cc2cc(CN3CCCCC3)cc(-c3cc(Cl)cc(Cl)c3)c2)CC1)C(F)(F)F. The average Bonchev–Trinajstić information content (AvgIpc) is 2.83. The van der Waals surface area contributed by atoms with Gasteiger partial charge in [0, 0.05) is 29.7 Å². The van der Waals surface area contributed by atoms with E-state index in [-0.39, 0.29) is 12.5 Å². The van der Waals surface area contributed by atoms with E-state index < -0.39 is 12.1 Å². The van der Waals surface area contributed by atoms with Gasteiger partial charge in [-0.05, 0) is 110 Å². The molecule has 2 aliphatic heterocycles. The number of nitrogens with one attached hydrogen (secondary N) is 1. The molecule has 1 amide bonds. The van der Waals surface area contributed by atoms with Crippen LogP contribution >= 0.6 is 23.2 Å². The van der Waals surface area contributed by atoms with Crippen LogP contribution in [0.1, 0.15) is 43.2 Å². The summed E-state index contributed by atoms with van der Waals surface area (Å²) in [4.78, 5) is 15.9. The molecule has 0 bridgehead atoms. The topological polar surface area (TPSA) is 35.6 Å². The lowest BCUT2D eigenvalue weighted by Crippen LogP contribution is -2.42. The third-order valence-electron chi connectivity index (χ3n) is 7.03. The van der Waals surface area contributed by atoms with E-state index in [4.69, 9.17) is 23.2 Å². The summed E-state index contributed by atoms with van der Waals surface area (Å²) in [5, 5.41) is 3.22. The highest BCUT2D eigenvalue weighted by Crippen LogP contribution is 2.30. The van der Waals surface area contributed by atoms with Gasteiger partial charge in [-0.25, -0.2) is 0 Å². The minimum absolute atomic E-state index is 0.0575. The van der Waals surface area contributed by atoms with Crippen LogP contribution in [0.4, 0.5) is 13.2 Å². The zero-order valence-corrected chi connectivity index (χ0v) is 21.7. The Hall–Kier alpha value is -1.80. The number of alkyl halides is 3. The number of likely N-dealkylation sites (tertiary alicyclic amines) is 2. The molecule has 0 unspecified atom stereocenters. The second-order valence-corrected chi connectivity index (χ2v) is 10.8. The first-order valence-corrected chi connectivity index (χ1v) is 13.3. The molecule has 0 aliphatic carbocycles. The van der Waals surface area contributed by atoms with Gasteiger partial charge >= 0.3 is 12.1 Å². The maximum Gasteiger partial charge on any atom is 0.471 e. The zero-order valence-electron chi connectivity index (χ0n) is 20.2. The molecule has 2 fully saturated rings. The molecule has 0 aromatic heterocycles. The molecule has 1 N–H and O–H groups in total. The first kappa shape index (κ1) is 27.2. The van der Waals surface area contributed by atoms with Crippen LogP contribution in [0.5, 0.6) is 0 Å². The van der Waals surface area contributed by atoms with E-state index in [0.29, 0.717) is 10.0 Å². The standard InChI is InChI=1S/C27H32Cl2F3N3O/c28-24-13-23(14-25(29)15-24)22-11-20(17-34-6-2-1-3-7-34)10-21(12-22)18-35-8-4-19(5-9-35)16-33-26(36)27(30,31)32/h10-15,19H,1-9,16-18H2,(H,33,36). The van der Waals surface area contributed by atoms with Crippen LogP contribution in [0.2, 0.25) is 10.0 Å². The predicted molar refractivity (Wildman–Crippen MR) is 138 cm³/mol. The van der Waals surface area contributed by atoms with Gasteiger partial charge in [-0.2, -0.15) is 13.2 Å². The van der Waals surface area contributed by atoms with E-state index in [1.54, 1.807) is 6.07 Å². The van der Waals surface area contributed by atoms with Gasteiger partial charge in [0.05, 0.1) is 0 Å². The van der Waals surface area contributed by atoms with Gasteiger partial charge < -0.3 is 5.32 Å². The zero-order chi connectivity index (χ0) is 25.7. The minimum atomic E-state index is -4.83. The Morgan fingerprint density at radius 3 is 1.89 bits per heavy atom. The van der Waals surface area contributed by atoms with E-state index in [1.807, 2.05) is 17.4 Å². The third-order valence-corrected chi connectivity index (χ3v) is 7.46. The molecule has 196 valence electrons. The number of rotatable bonds is 7. The van der Waals surface area contributed by atoms with E-state index in [2.05, 4.69) is 28.0 Å². The molecule has 0 atom stereocenters. The van der Waals surface area contributed by atoms with E-state index >= 15 is 0 Å². The fraction of sp³-hybridized carbons (Fsp3) is 0.519. The van der Waals surface area contributed by atoms with Crippen molar-refractivity contribution in [3.8, 4) is 11.1 Å². The monoisotopic (exact) mass is 541 g/mol. The number of hydrogen-bond donors (Lipinski definition) is 1. The molecule has 0 saturated carbocycles. The molecule has 2 aliphatic rings. The fourth-order valence-electron chi connectivity index (χ4n) is 5.15. The third kappa shape index (κ3) is 7.85. The van der Waals surface area contributed by atoms with Crippen LogP contribution in [0, 0.1) is 5.92 Å². The maximum atomic E-state index is 12.4. The van der Waals surface area contributed by atoms with Crippen molar-refractivity contribution >= 4 is 29.1 Å². The second kappa shape index (κ2) is 12.2. The van der Waals surface area contributed by atoms with E-state index in [1.165, 1.54) is 30.4 Å². The van der Waals surface area contributed by atoms with Gasteiger partial charge in [-0.1, -0.05) is 35.7 Å². The number of nitrogens with zero attached hydrogens (tertiary/aromatic N) is 2. The summed E-state index contributed by atoms with van der Waals surface area (Å²) in [5.74, 6) is -1.80. The highest BCUT2D eigenvalue weighted by atomic mass is 35.5. The van der Waals surface area contributed by atoms with Crippen LogP contribution in [-0.2, 0) is 17.9 Å². The molecule has 2 aromatic carbocycles. The molecular formula is C27H32Cl2F3N3O. The van der Waals surface area contributed by atoms with Gasteiger partial charge in [0.15, 0.2) is 0 Å². The number of amides is 1. The fourth-order valence-corrected chi connectivity index (χ4v) is 5.68. The quantitative estimate of drug-likeness (QED) is 0.432. The molecule has 4 nitrogen and oxygen atoms in total. The Bertz CT molecular complexity index is 1030. The number of halogens is 5.